The Morgan fingerprint density at radius 2 is 2.21 bits per heavy atom. The van der Waals surface area contributed by atoms with Crippen molar-refractivity contribution in [1.29, 1.82) is 0 Å². The normalized spacial score (nSPS) is 18.4. The van der Waals surface area contributed by atoms with Crippen LogP contribution in [0, 0.1) is 5.82 Å². The van der Waals surface area contributed by atoms with E-state index in [9.17, 15) is 9.18 Å². The number of benzene rings is 1. The highest BCUT2D eigenvalue weighted by Gasteiger charge is 2.35. The molecule has 29 heavy (non-hydrogen) atoms. The zero-order valence-corrected chi connectivity index (χ0v) is 16.3. The molecule has 148 valence electrons. The molecule has 0 fully saturated rings. The average molecular weight is 411 g/mol. The van der Waals surface area contributed by atoms with Crippen LogP contribution in [0.25, 0.3) is 0 Å². The van der Waals surface area contributed by atoms with Gasteiger partial charge in [-0.2, -0.15) is 5.10 Å². The molecule has 0 bridgehead atoms. The molecule has 0 radical (unpaired) electrons. The van der Waals surface area contributed by atoms with E-state index in [1.807, 2.05) is 34.5 Å². The lowest BCUT2D eigenvalue weighted by Crippen LogP contribution is -2.41. The second-order valence-corrected chi connectivity index (χ2v) is 7.86. The summed E-state index contributed by atoms with van der Waals surface area (Å²) in [5.74, 6) is 0.742. The summed E-state index contributed by atoms with van der Waals surface area (Å²) in [7, 11) is 0. The highest BCUT2D eigenvalue weighted by atomic mass is 32.1. The number of fused-ring (bicyclic) bond motifs is 1. The maximum Gasteiger partial charge on any atom is 0.262 e. The second kappa shape index (κ2) is 7.36. The minimum Gasteiger partial charge on any atom is -0.490 e. The van der Waals surface area contributed by atoms with Crippen molar-refractivity contribution in [1.82, 2.24) is 5.01 Å². The summed E-state index contributed by atoms with van der Waals surface area (Å²) in [5, 5.41) is 8.12. The maximum absolute atomic E-state index is 13.8. The smallest absolute Gasteiger partial charge is 0.262 e. The van der Waals surface area contributed by atoms with E-state index < -0.39 is 0 Å². The SMILES string of the molecule is O=C(CN1CCOc2ccc(F)cc21)N1N=C(c2ccco2)C[C@H]1c1cccs1. The summed E-state index contributed by atoms with van der Waals surface area (Å²) in [4.78, 5) is 16.2. The third-order valence-corrected chi connectivity index (χ3v) is 6.02. The maximum atomic E-state index is 13.8. The van der Waals surface area contributed by atoms with Gasteiger partial charge in [-0.25, -0.2) is 9.40 Å². The van der Waals surface area contributed by atoms with Gasteiger partial charge in [0.2, 0.25) is 0 Å². The van der Waals surface area contributed by atoms with Crippen LogP contribution in [0.4, 0.5) is 10.1 Å². The summed E-state index contributed by atoms with van der Waals surface area (Å²) in [6, 6.07) is 11.8. The van der Waals surface area contributed by atoms with E-state index in [-0.39, 0.29) is 24.3 Å². The van der Waals surface area contributed by atoms with Crippen LogP contribution in [0.1, 0.15) is 23.1 Å². The predicted octanol–water partition coefficient (Wildman–Crippen LogP) is 4.06. The van der Waals surface area contributed by atoms with Gasteiger partial charge in [-0.05, 0) is 35.7 Å². The molecule has 0 unspecified atom stereocenters. The van der Waals surface area contributed by atoms with Gasteiger partial charge in [0.05, 0.1) is 31.1 Å². The fourth-order valence-electron chi connectivity index (χ4n) is 3.68. The standard InChI is InChI=1S/C21H18FN3O3S/c22-14-5-6-19-16(11-14)24(7-9-28-19)13-21(26)25-17(20-4-2-10-29-20)12-15(23-25)18-3-1-8-27-18/h1-6,8,10-11,17H,7,9,12-13H2/t17-/m0/s1. The number of furan rings is 1. The number of ether oxygens (including phenoxy) is 1. The Labute approximate surface area is 170 Å². The molecule has 8 heteroatoms. The summed E-state index contributed by atoms with van der Waals surface area (Å²) in [6.07, 6.45) is 2.19. The van der Waals surface area contributed by atoms with Crippen LogP contribution < -0.4 is 9.64 Å². The Balaban J connectivity index is 1.42. The van der Waals surface area contributed by atoms with Gasteiger partial charge in [-0.3, -0.25) is 4.79 Å². The first-order chi connectivity index (χ1) is 14.2. The topological polar surface area (TPSA) is 58.3 Å². The molecule has 0 N–H and O–H groups in total. The van der Waals surface area contributed by atoms with Crippen LogP contribution in [0.5, 0.6) is 5.75 Å². The molecule has 0 saturated carbocycles. The Morgan fingerprint density at radius 1 is 1.28 bits per heavy atom. The number of carbonyl (C=O) groups excluding carboxylic acids is 1. The second-order valence-electron chi connectivity index (χ2n) is 6.88. The number of anilines is 1. The molecule has 0 saturated heterocycles. The number of rotatable bonds is 4. The van der Waals surface area contributed by atoms with E-state index in [4.69, 9.17) is 9.15 Å². The first kappa shape index (κ1) is 17.9. The molecule has 2 aliphatic heterocycles. The average Bonchev–Trinajstić information content (AvgIpc) is 3.48. The number of thiophene rings is 1. The lowest BCUT2D eigenvalue weighted by molar-refractivity contribution is -0.131. The fraction of sp³-hybridized carbons (Fsp3) is 0.238. The van der Waals surface area contributed by atoms with Crippen molar-refractivity contribution in [2.45, 2.75) is 12.5 Å². The fourth-order valence-corrected chi connectivity index (χ4v) is 4.49. The molecule has 1 amide bonds. The van der Waals surface area contributed by atoms with E-state index in [1.165, 1.54) is 17.1 Å². The van der Waals surface area contributed by atoms with Crippen molar-refractivity contribution in [3.8, 4) is 5.75 Å². The summed E-state index contributed by atoms with van der Waals surface area (Å²) in [6.45, 7) is 1.05. The van der Waals surface area contributed by atoms with Crippen molar-refractivity contribution < 1.29 is 18.3 Å². The molecule has 6 nitrogen and oxygen atoms in total. The molecule has 2 aliphatic rings. The zero-order valence-electron chi connectivity index (χ0n) is 15.5. The summed E-state index contributed by atoms with van der Waals surface area (Å²) in [5.41, 5.74) is 1.34. The first-order valence-corrected chi connectivity index (χ1v) is 10.2. The van der Waals surface area contributed by atoms with E-state index >= 15 is 0 Å². The van der Waals surface area contributed by atoms with Crippen LogP contribution >= 0.6 is 11.3 Å². The molecule has 1 atom stereocenters. The van der Waals surface area contributed by atoms with Gasteiger partial charge >= 0.3 is 0 Å². The molecular weight excluding hydrogens is 393 g/mol. The Hall–Kier alpha value is -3.13. The van der Waals surface area contributed by atoms with Crippen molar-refractivity contribution in [3.63, 3.8) is 0 Å². The van der Waals surface area contributed by atoms with Crippen molar-refractivity contribution in [3.05, 3.63) is 70.6 Å². The van der Waals surface area contributed by atoms with Gasteiger partial charge < -0.3 is 14.1 Å². The third kappa shape index (κ3) is 3.40. The Bertz CT molecular complexity index is 1050. The van der Waals surface area contributed by atoms with Crippen LogP contribution in [0.3, 0.4) is 0 Å². The highest BCUT2D eigenvalue weighted by Crippen LogP contribution is 2.36. The number of halogens is 1. The number of amides is 1. The van der Waals surface area contributed by atoms with Crippen LogP contribution in [0.2, 0.25) is 0 Å². The molecular formula is C21H18FN3O3S. The van der Waals surface area contributed by atoms with Crippen molar-refractivity contribution in [2.24, 2.45) is 5.10 Å². The Kier molecular flexibility index (Phi) is 4.55. The predicted molar refractivity (Wildman–Crippen MR) is 108 cm³/mol. The number of nitrogens with zero attached hydrogens (tertiary/aromatic N) is 3. The molecule has 2 aromatic heterocycles. The van der Waals surface area contributed by atoms with Crippen LogP contribution in [0.15, 0.2) is 63.6 Å². The molecule has 1 aromatic carbocycles. The van der Waals surface area contributed by atoms with E-state index in [0.29, 0.717) is 36.8 Å². The minimum absolute atomic E-state index is 0.0939. The largest absolute Gasteiger partial charge is 0.490 e. The third-order valence-electron chi connectivity index (χ3n) is 5.05. The van der Waals surface area contributed by atoms with Gasteiger partial charge in [0, 0.05) is 17.4 Å². The van der Waals surface area contributed by atoms with Crippen molar-refractivity contribution >= 4 is 28.6 Å². The van der Waals surface area contributed by atoms with Gasteiger partial charge in [-0.15, -0.1) is 11.3 Å². The van der Waals surface area contributed by atoms with Gasteiger partial charge in [-0.1, -0.05) is 6.07 Å². The number of hydrazone groups is 1. The molecule has 0 spiro atoms. The van der Waals surface area contributed by atoms with E-state index in [2.05, 4.69) is 5.10 Å². The van der Waals surface area contributed by atoms with Crippen LogP contribution in [-0.4, -0.2) is 36.3 Å². The summed E-state index contributed by atoms with van der Waals surface area (Å²) >= 11 is 1.60. The molecule has 0 aliphatic carbocycles. The van der Waals surface area contributed by atoms with Crippen molar-refractivity contribution in [2.75, 3.05) is 24.6 Å². The molecule has 4 heterocycles. The molecule has 5 rings (SSSR count). The highest BCUT2D eigenvalue weighted by molar-refractivity contribution is 7.10. The lowest BCUT2D eigenvalue weighted by atomic mass is 10.1. The lowest BCUT2D eigenvalue weighted by Gasteiger charge is -2.32. The van der Waals surface area contributed by atoms with Gasteiger partial charge in [0.15, 0.2) is 0 Å². The number of hydrogen-bond acceptors (Lipinski definition) is 6. The zero-order chi connectivity index (χ0) is 19.8. The quantitative estimate of drug-likeness (QED) is 0.650. The van der Waals surface area contributed by atoms with Crippen LogP contribution in [-0.2, 0) is 4.79 Å². The minimum atomic E-state index is -0.359. The van der Waals surface area contributed by atoms with E-state index in [1.54, 1.807) is 23.7 Å². The number of hydrogen-bond donors (Lipinski definition) is 0. The summed E-state index contributed by atoms with van der Waals surface area (Å²) < 4.78 is 24.8. The van der Waals surface area contributed by atoms with Gasteiger partial charge in [0.1, 0.15) is 29.6 Å². The molecule has 3 aromatic rings. The van der Waals surface area contributed by atoms with Gasteiger partial charge in [0.25, 0.3) is 5.91 Å². The Morgan fingerprint density at radius 3 is 3.00 bits per heavy atom. The number of carbonyl (C=O) groups is 1. The van der Waals surface area contributed by atoms with E-state index in [0.717, 1.165) is 10.6 Å². The first-order valence-electron chi connectivity index (χ1n) is 9.33. The monoisotopic (exact) mass is 411 g/mol.